The monoisotopic (exact) mass is 456 g/mol. The van der Waals surface area contributed by atoms with Gasteiger partial charge in [-0.3, -0.25) is 9.59 Å². The van der Waals surface area contributed by atoms with Gasteiger partial charge in [0, 0.05) is 18.1 Å². The van der Waals surface area contributed by atoms with Crippen LogP contribution in [0.2, 0.25) is 5.02 Å². The lowest BCUT2D eigenvalue weighted by Crippen LogP contribution is -2.35. The highest BCUT2D eigenvalue weighted by molar-refractivity contribution is 6.32. The fourth-order valence-electron chi connectivity index (χ4n) is 4.05. The molecule has 2 heterocycles. The Hall–Kier alpha value is -3.03. The number of halogens is 1. The Morgan fingerprint density at radius 2 is 1.81 bits per heavy atom. The van der Waals surface area contributed by atoms with Gasteiger partial charge in [-0.25, -0.2) is 0 Å². The van der Waals surface area contributed by atoms with E-state index < -0.39 is 6.04 Å². The van der Waals surface area contributed by atoms with Crippen LogP contribution in [0.5, 0.6) is 11.5 Å². The van der Waals surface area contributed by atoms with Crippen LogP contribution in [0.3, 0.4) is 0 Å². The van der Waals surface area contributed by atoms with E-state index in [9.17, 15) is 9.59 Å². The summed E-state index contributed by atoms with van der Waals surface area (Å²) in [5.41, 5.74) is 1.91. The molecule has 0 N–H and O–H groups in total. The fourth-order valence-corrected chi connectivity index (χ4v) is 4.21. The molecule has 7 nitrogen and oxygen atoms in total. The van der Waals surface area contributed by atoms with Crippen LogP contribution in [0, 0.1) is 6.92 Å². The molecule has 0 bridgehead atoms. The summed E-state index contributed by atoms with van der Waals surface area (Å²) in [7, 11) is 6.97. The Morgan fingerprint density at radius 1 is 1.09 bits per heavy atom. The highest BCUT2D eigenvalue weighted by Gasteiger charge is 2.42. The summed E-state index contributed by atoms with van der Waals surface area (Å²) in [5.74, 6) is 0.840. The number of carbonyl (C=O) groups is 1. The molecule has 0 fully saturated rings. The summed E-state index contributed by atoms with van der Waals surface area (Å²) in [6.45, 7) is 2.87. The number of fused-ring (bicyclic) bond motifs is 2. The van der Waals surface area contributed by atoms with Gasteiger partial charge in [0.25, 0.3) is 5.91 Å². The molecule has 0 aliphatic carbocycles. The van der Waals surface area contributed by atoms with E-state index in [1.807, 2.05) is 32.0 Å². The Labute approximate surface area is 191 Å². The summed E-state index contributed by atoms with van der Waals surface area (Å²) in [4.78, 5) is 30.7. The van der Waals surface area contributed by atoms with E-state index >= 15 is 0 Å². The summed E-state index contributed by atoms with van der Waals surface area (Å²) in [6, 6.07) is 8.09. The molecule has 1 amide bonds. The zero-order valence-corrected chi connectivity index (χ0v) is 19.4. The zero-order chi connectivity index (χ0) is 23.2. The van der Waals surface area contributed by atoms with Gasteiger partial charge in [0.1, 0.15) is 5.58 Å². The number of carbonyl (C=O) groups excluding carboxylic acids is 1. The van der Waals surface area contributed by atoms with Gasteiger partial charge >= 0.3 is 0 Å². The predicted octanol–water partition coefficient (Wildman–Crippen LogP) is 3.88. The number of rotatable bonds is 6. The van der Waals surface area contributed by atoms with Crippen molar-refractivity contribution in [3.63, 3.8) is 0 Å². The van der Waals surface area contributed by atoms with E-state index in [0.717, 1.165) is 11.1 Å². The third kappa shape index (κ3) is 3.61. The van der Waals surface area contributed by atoms with Crippen LogP contribution < -0.4 is 14.9 Å². The van der Waals surface area contributed by atoms with Gasteiger partial charge in [-0.15, -0.1) is 0 Å². The van der Waals surface area contributed by atoms with Gasteiger partial charge in [-0.2, -0.15) is 0 Å². The van der Waals surface area contributed by atoms with Crippen molar-refractivity contribution in [2.24, 2.45) is 0 Å². The minimum atomic E-state index is -0.613. The van der Waals surface area contributed by atoms with E-state index in [0.29, 0.717) is 46.1 Å². The molecule has 1 aliphatic heterocycles. The highest BCUT2D eigenvalue weighted by Crippen LogP contribution is 2.41. The van der Waals surface area contributed by atoms with Crippen molar-refractivity contribution in [2.75, 3.05) is 41.4 Å². The lowest BCUT2D eigenvalue weighted by Gasteiger charge is -2.27. The van der Waals surface area contributed by atoms with E-state index in [-0.39, 0.29) is 17.1 Å². The van der Waals surface area contributed by atoms with Crippen molar-refractivity contribution in [1.82, 2.24) is 9.80 Å². The third-order valence-corrected chi connectivity index (χ3v) is 6.17. The maximum Gasteiger partial charge on any atom is 0.290 e. The number of aryl methyl sites for hydroxylation is 1. The number of hydrogen-bond donors (Lipinski definition) is 0. The van der Waals surface area contributed by atoms with Crippen LogP contribution in [-0.4, -0.2) is 57.1 Å². The first kappa shape index (κ1) is 22.2. The number of ether oxygens (including phenoxy) is 2. The van der Waals surface area contributed by atoms with Crippen molar-refractivity contribution >= 4 is 28.5 Å². The predicted molar refractivity (Wildman–Crippen MR) is 123 cm³/mol. The largest absolute Gasteiger partial charge is 0.493 e. The molecule has 1 aliphatic rings. The molecule has 8 heteroatoms. The topological polar surface area (TPSA) is 72.2 Å². The number of amides is 1. The van der Waals surface area contributed by atoms with Gasteiger partial charge in [0.05, 0.1) is 31.2 Å². The molecule has 32 heavy (non-hydrogen) atoms. The fraction of sp³-hybridized carbons (Fsp3) is 0.333. The Bertz CT molecular complexity index is 1270. The molecule has 0 spiro atoms. The Morgan fingerprint density at radius 3 is 2.47 bits per heavy atom. The van der Waals surface area contributed by atoms with Crippen LogP contribution in [0.15, 0.2) is 39.5 Å². The number of hydrogen-bond acceptors (Lipinski definition) is 6. The minimum absolute atomic E-state index is 0.0720. The van der Waals surface area contributed by atoms with Crippen molar-refractivity contribution in [3.8, 4) is 11.5 Å². The number of methoxy groups -OCH3 is 2. The number of benzene rings is 2. The van der Waals surface area contributed by atoms with E-state index in [1.165, 1.54) is 0 Å². The van der Waals surface area contributed by atoms with Crippen LogP contribution >= 0.6 is 11.6 Å². The second kappa shape index (κ2) is 8.48. The number of likely N-dealkylation sites (N-methyl/N-ethyl adjacent to an activating group) is 1. The molecule has 2 aromatic carbocycles. The van der Waals surface area contributed by atoms with Crippen molar-refractivity contribution in [2.45, 2.75) is 13.0 Å². The lowest BCUT2D eigenvalue weighted by molar-refractivity contribution is 0.0716. The smallest absolute Gasteiger partial charge is 0.290 e. The Kier molecular flexibility index (Phi) is 5.88. The molecule has 4 rings (SSSR count). The zero-order valence-electron chi connectivity index (χ0n) is 18.7. The molecular weight excluding hydrogens is 432 g/mol. The maximum atomic E-state index is 13.6. The van der Waals surface area contributed by atoms with Gasteiger partial charge < -0.3 is 23.7 Å². The average molecular weight is 457 g/mol. The second-order valence-corrected chi connectivity index (χ2v) is 8.50. The molecule has 1 atom stereocenters. The second-order valence-electron chi connectivity index (χ2n) is 8.09. The first-order valence-corrected chi connectivity index (χ1v) is 10.6. The number of nitrogens with zero attached hydrogens (tertiary/aromatic N) is 2. The molecule has 0 saturated carbocycles. The van der Waals surface area contributed by atoms with Crippen LogP contribution in [-0.2, 0) is 0 Å². The quantitative estimate of drug-likeness (QED) is 0.560. The summed E-state index contributed by atoms with van der Waals surface area (Å²) < 4.78 is 16.8. The minimum Gasteiger partial charge on any atom is -0.493 e. The average Bonchev–Trinajstić information content (AvgIpc) is 3.05. The van der Waals surface area contributed by atoms with Gasteiger partial charge in [0.15, 0.2) is 16.9 Å². The lowest BCUT2D eigenvalue weighted by atomic mass is 9.97. The standard InChI is InChI=1S/C24H25ClN2O5/c1-13-10-18-15(12-16(13)25)22(28)20-21(14-6-7-17(30-4)19(11-14)31-5)27(9-8-26(2)3)24(29)23(20)32-18/h6-7,10-12,21H,8-9H2,1-5H3. The molecule has 3 aromatic rings. The summed E-state index contributed by atoms with van der Waals surface area (Å²) in [6.07, 6.45) is 0. The van der Waals surface area contributed by atoms with E-state index in [1.54, 1.807) is 43.4 Å². The SMILES string of the molecule is COc1ccc(C2c3c(oc4cc(C)c(Cl)cc4c3=O)C(=O)N2CCN(C)C)cc1OC. The maximum absolute atomic E-state index is 13.6. The molecule has 1 unspecified atom stereocenters. The van der Waals surface area contributed by atoms with Gasteiger partial charge in [-0.05, 0) is 56.4 Å². The summed E-state index contributed by atoms with van der Waals surface area (Å²) in [5, 5.41) is 0.827. The molecule has 0 saturated heterocycles. The highest BCUT2D eigenvalue weighted by atomic mass is 35.5. The first-order valence-electron chi connectivity index (χ1n) is 10.2. The molecule has 0 radical (unpaired) electrons. The Balaban J connectivity index is 1.96. The summed E-state index contributed by atoms with van der Waals surface area (Å²) >= 11 is 6.28. The van der Waals surface area contributed by atoms with Crippen LogP contribution in [0.1, 0.15) is 33.3 Å². The van der Waals surface area contributed by atoms with Crippen molar-refractivity contribution < 1.29 is 18.7 Å². The van der Waals surface area contributed by atoms with Gasteiger partial charge in [-0.1, -0.05) is 17.7 Å². The first-order chi connectivity index (χ1) is 15.3. The van der Waals surface area contributed by atoms with Crippen molar-refractivity contribution in [3.05, 3.63) is 68.0 Å². The van der Waals surface area contributed by atoms with Crippen LogP contribution in [0.25, 0.3) is 11.0 Å². The van der Waals surface area contributed by atoms with E-state index in [2.05, 4.69) is 0 Å². The third-order valence-electron chi connectivity index (χ3n) is 5.76. The van der Waals surface area contributed by atoms with Crippen molar-refractivity contribution in [1.29, 1.82) is 0 Å². The molecule has 168 valence electrons. The van der Waals surface area contributed by atoms with Gasteiger partial charge in [0.2, 0.25) is 5.76 Å². The molecule has 1 aromatic heterocycles. The molecular formula is C24H25ClN2O5. The van der Waals surface area contributed by atoms with E-state index in [4.69, 9.17) is 25.5 Å². The van der Waals surface area contributed by atoms with Crippen LogP contribution in [0.4, 0.5) is 0 Å². The normalized spacial score (nSPS) is 15.5.